The van der Waals surface area contributed by atoms with Crippen LogP contribution in [0.2, 0.25) is 0 Å². The maximum Gasteiger partial charge on any atom is 0.232 e. The van der Waals surface area contributed by atoms with Gasteiger partial charge in [-0.05, 0) is 14.1 Å². The van der Waals surface area contributed by atoms with Crippen molar-refractivity contribution in [3.63, 3.8) is 0 Å². The molecule has 108 valence electrons. The van der Waals surface area contributed by atoms with E-state index < -0.39 is 0 Å². The molecule has 1 aliphatic rings. The van der Waals surface area contributed by atoms with Crippen molar-refractivity contribution in [2.45, 2.75) is 12.5 Å². The first-order valence-electron chi connectivity index (χ1n) is 6.53. The van der Waals surface area contributed by atoms with Gasteiger partial charge in [0.25, 0.3) is 0 Å². The van der Waals surface area contributed by atoms with E-state index in [2.05, 4.69) is 39.0 Å². The lowest BCUT2D eigenvalue weighted by Gasteiger charge is -2.35. The van der Waals surface area contributed by atoms with Crippen molar-refractivity contribution < 1.29 is 4.52 Å². The van der Waals surface area contributed by atoms with Gasteiger partial charge >= 0.3 is 0 Å². The highest BCUT2D eigenvalue weighted by molar-refractivity contribution is 7.13. The molecule has 0 amide bonds. The van der Waals surface area contributed by atoms with Gasteiger partial charge in [0, 0.05) is 25.0 Å². The lowest BCUT2D eigenvalue weighted by Crippen LogP contribution is -2.45. The largest absolute Gasteiger partial charge is 0.375 e. The van der Waals surface area contributed by atoms with Gasteiger partial charge in [-0.3, -0.25) is 4.90 Å². The maximum absolute atomic E-state index is 5.62. The smallest absolute Gasteiger partial charge is 0.232 e. The topological polar surface area (TPSA) is 84.3 Å². The molecule has 2 aromatic rings. The average molecular weight is 294 g/mol. The van der Waals surface area contributed by atoms with Crippen LogP contribution in [0.1, 0.15) is 23.5 Å². The second kappa shape index (κ2) is 5.47. The van der Waals surface area contributed by atoms with Gasteiger partial charge in [0.1, 0.15) is 0 Å². The molecule has 2 N–H and O–H groups in total. The van der Waals surface area contributed by atoms with Crippen LogP contribution in [0.5, 0.6) is 0 Å². The number of hydrogen-bond acceptors (Lipinski definition) is 8. The molecule has 2 aromatic heterocycles. The quantitative estimate of drug-likeness (QED) is 0.888. The molecule has 7 nitrogen and oxygen atoms in total. The van der Waals surface area contributed by atoms with Crippen LogP contribution in [0.15, 0.2) is 9.90 Å². The fourth-order valence-electron chi connectivity index (χ4n) is 2.32. The zero-order chi connectivity index (χ0) is 14.1. The van der Waals surface area contributed by atoms with E-state index in [0.29, 0.717) is 17.4 Å². The predicted molar refractivity (Wildman–Crippen MR) is 76.5 cm³/mol. The third-order valence-electron chi connectivity index (χ3n) is 3.53. The molecule has 0 bridgehead atoms. The van der Waals surface area contributed by atoms with E-state index in [1.807, 2.05) is 5.38 Å². The first-order valence-corrected chi connectivity index (χ1v) is 7.41. The number of aromatic nitrogens is 3. The first-order chi connectivity index (χ1) is 9.61. The molecule has 1 aliphatic heterocycles. The van der Waals surface area contributed by atoms with E-state index in [1.165, 1.54) is 11.3 Å². The Bertz CT molecular complexity index is 582. The number of anilines is 1. The van der Waals surface area contributed by atoms with Crippen LogP contribution in [-0.2, 0) is 6.42 Å². The van der Waals surface area contributed by atoms with Crippen molar-refractivity contribution in [1.29, 1.82) is 0 Å². The van der Waals surface area contributed by atoms with E-state index in [-0.39, 0.29) is 6.04 Å². The minimum absolute atomic E-state index is 0.187. The Morgan fingerprint density at radius 3 is 3.00 bits per heavy atom. The highest BCUT2D eigenvalue weighted by Crippen LogP contribution is 2.21. The van der Waals surface area contributed by atoms with Gasteiger partial charge in [0.05, 0.1) is 18.2 Å². The van der Waals surface area contributed by atoms with Crippen LogP contribution >= 0.6 is 11.3 Å². The molecule has 8 heteroatoms. The Hall–Kier alpha value is -1.51. The van der Waals surface area contributed by atoms with Crippen LogP contribution in [0, 0.1) is 0 Å². The summed E-state index contributed by atoms with van der Waals surface area (Å²) < 4.78 is 5.33. The van der Waals surface area contributed by atoms with Crippen LogP contribution < -0.4 is 5.73 Å². The van der Waals surface area contributed by atoms with Gasteiger partial charge in [0.2, 0.25) is 5.89 Å². The summed E-state index contributed by atoms with van der Waals surface area (Å²) in [4.78, 5) is 13.2. The number of rotatable bonds is 3. The van der Waals surface area contributed by atoms with Gasteiger partial charge in [-0.15, -0.1) is 11.3 Å². The molecule has 3 heterocycles. The predicted octanol–water partition coefficient (Wildman–Crippen LogP) is 0.617. The van der Waals surface area contributed by atoms with Gasteiger partial charge in [0.15, 0.2) is 11.0 Å². The van der Waals surface area contributed by atoms with Gasteiger partial charge in [-0.2, -0.15) is 4.98 Å². The zero-order valence-electron chi connectivity index (χ0n) is 11.6. The Balaban J connectivity index is 1.72. The molecule has 3 rings (SSSR count). The Morgan fingerprint density at radius 1 is 1.40 bits per heavy atom. The summed E-state index contributed by atoms with van der Waals surface area (Å²) in [5.74, 6) is 1.34. The molecule has 1 saturated heterocycles. The molecule has 0 saturated carbocycles. The van der Waals surface area contributed by atoms with Crippen molar-refractivity contribution in [2.75, 3.05) is 39.5 Å². The molecule has 0 aliphatic carbocycles. The summed E-state index contributed by atoms with van der Waals surface area (Å²) in [5.41, 5.74) is 6.49. The fraction of sp³-hybridized carbons (Fsp3) is 0.583. The molecule has 1 unspecified atom stereocenters. The van der Waals surface area contributed by atoms with Crippen LogP contribution in [0.4, 0.5) is 5.13 Å². The summed E-state index contributed by atoms with van der Waals surface area (Å²) in [5, 5.41) is 6.60. The SMILES string of the molecule is CN1CCN(C)C(c2noc(Cc3csc(N)n3)n2)C1. The number of piperazine rings is 1. The summed E-state index contributed by atoms with van der Waals surface area (Å²) in [7, 11) is 4.20. The molecule has 1 atom stereocenters. The molecule has 1 fully saturated rings. The highest BCUT2D eigenvalue weighted by Gasteiger charge is 2.27. The number of thiazole rings is 1. The van der Waals surface area contributed by atoms with E-state index in [4.69, 9.17) is 10.3 Å². The number of likely N-dealkylation sites (N-methyl/N-ethyl adjacent to an activating group) is 2. The lowest BCUT2D eigenvalue weighted by molar-refractivity contribution is 0.108. The number of nitrogen functional groups attached to an aromatic ring is 1. The van der Waals surface area contributed by atoms with Crippen LogP contribution in [0.25, 0.3) is 0 Å². The maximum atomic E-state index is 5.62. The van der Waals surface area contributed by atoms with Gasteiger partial charge in [-0.25, -0.2) is 4.98 Å². The summed E-state index contributed by atoms with van der Waals surface area (Å²) in [6.07, 6.45) is 0.535. The number of hydrogen-bond donors (Lipinski definition) is 1. The first kappa shape index (κ1) is 13.5. The Kier molecular flexibility index (Phi) is 3.68. The normalized spacial score (nSPS) is 21.4. The molecule has 0 spiro atoms. The van der Waals surface area contributed by atoms with Crippen LogP contribution in [0.3, 0.4) is 0 Å². The van der Waals surface area contributed by atoms with Crippen molar-refractivity contribution in [1.82, 2.24) is 24.9 Å². The summed E-state index contributed by atoms with van der Waals surface area (Å²) in [6, 6.07) is 0.187. The average Bonchev–Trinajstić information content (AvgIpc) is 3.02. The van der Waals surface area contributed by atoms with Crippen molar-refractivity contribution in [3.05, 3.63) is 22.8 Å². The molecule has 20 heavy (non-hydrogen) atoms. The minimum Gasteiger partial charge on any atom is -0.375 e. The van der Waals surface area contributed by atoms with Gasteiger partial charge < -0.3 is 15.2 Å². The Labute approximate surface area is 121 Å². The van der Waals surface area contributed by atoms with Gasteiger partial charge in [-0.1, -0.05) is 5.16 Å². The van der Waals surface area contributed by atoms with Crippen molar-refractivity contribution in [3.8, 4) is 0 Å². The van der Waals surface area contributed by atoms with E-state index in [9.17, 15) is 0 Å². The molecule has 0 aromatic carbocycles. The van der Waals surface area contributed by atoms with E-state index >= 15 is 0 Å². The summed E-state index contributed by atoms with van der Waals surface area (Å²) >= 11 is 1.42. The molecular formula is C12H18N6OS. The summed E-state index contributed by atoms with van der Waals surface area (Å²) in [6.45, 7) is 2.99. The number of nitrogens with two attached hydrogens (primary N) is 1. The minimum atomic E-state index is 0.187. The fourth-order valence-corrected chi connectivity index (χ4v) is 2.89. The second-order valence-corrected chi connectivity index (χ2v) is 6.05. The monoisotopic (exact) mass is 294 g/mol. The lowest BCUT2D eigenvalue weighted by atomic mass is 10.2. The molecule has 0 radical (unpaired) electrons. The highest BCUT2D eigenvalue weighted by atomic mass is 32.1. The third kappa shape index (κ3) is 2.82. The third-order valence-corrected chi connectivity index (χ3v) is 4.26. The van der Waals surface area contributed by atoms with Crippen molar-refractivity contribution in [2.24, 2.45) is 0 Å². The van der Waals surface area contributed by atoms with E-state index in [0.717, 1.165) is 31.2 Å². The second-order valence-electron chi connectivity index (χ2n) is 5.16. The molecular weight excluding hydrogens is 276 g/mol. The standard InChI is InChI=1S/C12H18N6OS/c1-17-3-4-18(2)9(6-17)11-15-10(19-16-11)5-8-7-20-12(13)14-8/h7,9H,3-6H2,1-2H3,(H2,13,14). The van der Waals surface area contributed by atoms with Crippen LogP contribution in [-0.4, -0.2) is 58.7 Å². The van der Waals surface area contributed by atoms with E-state index in [1.54, 1.807) is 0 Å². The van der Waals surface area contributed by atoms with Crippen molar-refractivity contribution >= 4 is 16.5 Å². The zero-order valence-corrected chi connectivity index (χ0v) is 12.4. The Morgan fingerprint density at radius 2 is 2.25 bits per heavy atom. The number of nitrogens with zero attached hydrogens (tertiary/aromatic N) is 5.